The molecule has 0 spiro atoms. The van der Waals surface area contributed by atoms with Gasteiger partial charge in [0.2, 0.25) is 0 Å². The zero-order valence-electron chi connectivity index (χ0n) is 5.56. The third-order valence-electron chi connectivity index (χ3n) is 1.14. The van der Waals surface area contributed by atoms with E-state index in [9.17, 15) is 8.78 Å². The summed E-state index contributed by atoms with van der Waals surface area (Å²) >= 11 is 3.41. The molecule has 1 N–H and O–H groups in total. The molecule has 0 aliphatic rings. The summed E-state index contributed by atoms with van der Waals surface area (Å²) in [7, 11) is 0. The molecule has 1 heterocycles. The van der Waals surface area contributed by atoms with Gasteiger partial charge in [0.05, 0.1) is 0 Å². The second-order valence-electron chi connectivity index (χ2n) is 1.97. The minimum absolute atomic E-state index is 0.0654. The van der Waals surface area contributed by atoms with Crippen LogP contribution in [0.15, 0.2) is 6.07 Å². The molecule has 0 saturated carbocycles. The smallest absolute Gasteiger partial charge is 0.281 e. The van der Waals surface area contributed by atoms with Crippen LogP contribution in [0, 0.1) is 7.27 Å². The summed E-state index contributed by atoms with van der Waals surface area (Å²) in [6.07, 6.45) is -2.59. The maximum absolute atomic E-state index is 12.2. The fourth-order valence-corrected chi connectivity index (χ4v) is 1.69. The predicted octanol–water partition coefficient (Wildman–Crippen LogP) is 2.93. The van der Waals surface area contributed by atoms with Gasteiger partial charge in [0.25, 0.3) is 6.43 Å². The Labute approximate surface area is 94.7 Å². The van der Waals surface area contributed by atoms with E-state index >= 15 is 0 Å². The first kappa shape index (κ1) is 10.4. The van der Waals surface area contributed by atoms with Crippen molar-refractivity contribution >= 4 is 45.2 Å². The van der Waals surface area contributed by atoms with Gasteiger partial charge in [0.1, 0.15) is 15.1 Å². The molecule has 0 saturated heterocycles. The summed E-state index contributed by atoms with van der Waals surface area (Å²) in [6, 6.07) is 1.27. The van der Waals surface area contributed by atoms with Crippen LogP contribution >= 0.6 is 45.2 Å². The Kier molecular flexibility index (Phi) is 3.44. The van der Waals surface area contributed by atoms with Crippen molar-refractivity contribution in [2.45, 2.75) is 6.43 Å². The molecule has 0 bridgehead atoms. The summed E-state index contributed by atoms with van der Waals surface area (Å²) in [5, 5.41) is 9.09. The number of alkyl halides is 2. The topological polar surface area (TPSA) is 33.1 Å². The van der Waals surface area contributed by atoms with Crippen molar-refractivity contribution in [2.75, 3.05) is 0 Å². The Morgan fingerprint density at radius 2 is 2.00 bits per heavy atom. The predicted molar refractivity (Wildman–Crippen MR) is 56.3 cm³/mol. The summed E-state index contributed by atoms with van der Waals surface area (Å²) in [5.41, 5.74) is -0.280. The molecule has 1 rings (SSSR count). The molecule has 6 heteroatoms. The molecule has 0 amide bonds. The van der Waals surface area contributed by atoms with Crippen molar-refractivity contribution in [3.63, 3.8) is 0 Å². The Morgan fingerprint density at radius 1 is 1.42 bits per heavy atom. The van der Waals surface area contributed by atoms with Gasteiger partial charge >= 0.3 is 0 Å². The molecule has 0 radical (unpaired) electrons. The van der Waals surface area contributed by atoms with E-state index in [2.05, 4.69) is 4.98 Å². The van der Waals surface area contributed by atoms with Crippen LogP contribution in [0.4, 0.5) is 8.78 Å². The van der Waals surface area contributed by atoms with Crippen molar-refractivity contribution in [1.29, 1.82) is 0 Å². The number of halogens is 4. The zero-order chi connectivity index (χ0) is 9.30. The lowest BCUT2D eigenvalue weighted by Crippen LogP contribution is -1.96. The maximum Gasteiger partial charge on any atom is 0.281 e. The molecule has 0 aliphatic carbocycles. The molecular weight excluding hydrogens is 394 g/mol. The Bertz CT molecular complexity index is 306. The van der Waals surface area contributed by atoms with Crippen LogP contribution in [0.2, 0.25) is 0 Å². The summed E-state index contributed by atoms with van der Waals surface area (Å²) in [4.78, 5) is 3.55. The molecule has 0 unspecified atom stereocenters. The minimum Gasteiger partial charge on any atom is -0.505 e. The van der Waals surface area contributed by atoms with E-state index in [0.29, 0.717) is 0 Å². The van der Waals surface area contributed by atoms with Crippen molar-refractivity contribution in [3.05, 3.63) is 19.0 Å². The van der Waals surface area contributed by atoms with E-state index in [1.807, 2.05) is 0 Å². The molecule has 0 aliphatic heterocycles. The van der Waals surface area contributed by atoms with Crippen LogP contribution in [0.5, 0.6) is 5.75 Å². The number of hydrogen-bond donors (Lipinski definition) is 1. The number of pyridine rings is 1. The third kappa shape index (κ3) is 2.15. The van der Waals surface area contributed by atoms with Crippen molar-refractivity contribution < 1.29 is 13.9 Å². The highest BCUT2D eigenvalue weighted by atomic mass is 127. The first-order chi connectivity index (χ1) is 5.52. The van der Waals surface area contributed by atoms with Gasteiger partial charge in [-0.3, -0.25) is 0 Å². The van der Waals surface area contributed by atoms with Gasteiger partial charge in [-0.15, -0.1) is 0 Å². The van der Waals surface area contributed by atoms with Crippen LogP contribution in [-0.2, 0) is 0 Å². The van der Waals surface area contributed by atoms with Gasteiger partial charge in [-0.05, 0) is 51.2 Å². The van der Waals surface area contributed by atoms with Crippen molar-refractivity contribution in [3.8, 4) is 5.75 Å². The molecule has 66 valence electrons. The van der Waals surface area contributed by atoms with Crippen LogP contribution in [0.1, 0.15) is 12.1 Å². The normalized spacial score (nSPS) is 10.8. The number of nitrogens with zero attached hydrogens (tertiary/aromatic N) is 1. The average molecular weight is 397 g/mol. The lowest BCUT2D eigenvalue weighted by Gasteiger charge is -2.03. The van der Waals surface area contributed by atoms with Crippen LogP contribution in [-0.4, -0.2) is 10.1 Å². The second-order valence-corrected chi connectivity index (χ2v) is 4.15. The summed E-state index contributed by atoms with van der Waals surface area (Å²) in [5.74, 6) is -0.0654. The van der Waals surface area contributed by atoms with Gasteiger partial charge in [-0.2, -0.15) is 0 Å². The third-order valence-corrected chi connectivity index (χ3v) is 2.80. The van der Waals surface area contributed by atoms with Crippen LogP contribution < -0.4 is 0 Å². The van der Waals surface area contributed by atoms with Gasteiger partial charge < -0.3 is 5.11 Å². The first-order valence-electron chi connectivity index (χ1n) is 2.85. The lowest BCUT2D eigenvalue weighted by molar-refractivity contribution is 0.144. The molecule has 12 heavy (non-hydrogen) atoms. The SMILES string of the molecule is Oc1cc(I)c(C(F)F)nc1I. The van der Waals surface area contributed by atoms with Crippen molar-refractivity contribution in [1.82, 2.24) is 4.98 Å². The van der Waals surface area contributed by atoms with E-state index in [-0.39, 0.29) is 18.7 Å². The highest BCUT2D eigenvalue weighted by molar-refractivity contribution is 14.1. The van der Waals surface area contributed by atoms with Crippen LogP contribution in [0.3, 0.4) is 0 Å². The molecule has 0 aromatic carbocycles. The minimum atomic E-state index is -2.59. The quantitative estimate of drug-likeness (QED) is 0.585. The lowest BCUT2D eigenvalue weighted by atomic mass is 10.3. The zero-order valence-corrected chi connectivity index (χ0v) is 9.88. The van der Waals surface area contributed by atoms with Gasteiger partial charge in [0.15, 0.2) is 0 Å². The highest BCUT2D eigenvalue weighted by Gasteiger charge is 2.15. The second kappa shape index (κ2) is 3.99. The standard InChI is InChI=1S/C6H3F2I2NO/c7-5(8)4-2(9)1-3(12)6(10)11-4/h1,5,12H. The number of aromatic nitrogens is 1. The van der Waals surface area contributed by atoms with E-state index in [1.165, 1.54) is 6.07 Å². The van der Waals surface area contributed by atoms with Crippen LogP contribution in [0.25, 0.3) is 0 Å². The Hall–Kier alpha value is 0.270. The first-order valence-corrected chi connectivity index (χ1v) is 5.01. The number of hydrogen-bond acceptors (Lipinski definition) is 2. The fraction of sp³-hybridized carbons (Fsp3) is 0.167. The monoisotopic (exact) mass is 397 g/mol. The Balaban J connectivity index is 3.23. The molecule has 0 fully saturated rings. The molecule has 1 aromatic heterocycles. The van der Waals surface area contributed by atoms with Gasteiger partial charge in [0, 0.05) is 3.57 Å². The van der Waals surface area contributed by atoms with E-state index in [1.54, 1.807) is 45.2 Å². The fourth-order valence-electron chi connectivity index (χ4n) is 0.623. The number of rotatable bonds is 1. The Morgan fingerprint density at radius 3 is 2.50 bits per heavy atom. The largest absolute Gasteiger partial charge is 0.505 e. The summed E-state index contributed by atoms with van der Waals surface area (Å²) in [6.45, 7) is 0. The summed E-state index contributed by atoms with van der Waals surface area (Å²) < 4.78 is 24.9. The van der Waals surface area contributed by atoms with Gasteiger partial charge in [-0.25, -0.2) is 13.8 Å². The molecule has 1 aromatic rings. The van der Waals surface area contributed by atoms with E-state index in [4.69, 9.17) is 5.11 Å². The molecule has 0 atom stereocenters. The number of aromatic hydroxyl groups is 1. The van der Waals surface area contributed by atoms with E-state index in [0.717, 1.165) is 0 Å². The average Bonchev–Trinajstić information content (AvgIpc) is 1.96. The van der Waals surface area contributed by atoms with E-state index < -0.39 is 6.43 Å². The molecule has 2 nitrogen and oxygen atoms in total. The highest BCUT2D eigenvalue weighted by Crippen LogP contribution is 2.27. The maximum atomic E-state index is 12.2. The van der Waals surface area contributed by atoms with Gasteiger partial charge in [-0.1, -0.05) is 0 Å². The molecular formula is C6H3F2I2NO. The van der Waals surface area contributed by atoms with Crippen molar-refractivity contribution in [2.24, 2.45) is 0 Å².